The van der Waals surface area contributed by atoms with Crippen LogP contribution in [-0.2, 0) is 0 Å². The number of rotatable bonds is 7. The Hall–Kier alpha value is -4.27. The molecule has 4 aromatic rings. The average Bonchev–Trinajstić information content (AvgIpc) is 2.82. The standard InChI is InChI=1S/C27H28N4O5/c1-13(2)34-27-29-11-18(12-30-27)24-16(5)23(32)20-10-14(3)9-19(25(20)36-24)17(6)35-21-8-7-15(4)31-22(21)26(28)33/h7-13,17H,1-6H3,(H2,28,33)/t17-/m1/s1. The number of hydrogen-bond acceptors (Lipinski definition) is 8. The molecule has 2 N–H and O–H groups in total. The molecule has 4 rings (SSSR count). The molecule has 36 heavy (non-hydrogen) atoms. The summed E-state index contributed by atoms with van der Waals surface area (Å²) < 4.78 is 17.9. The molecule has 9 nitrogen and oxygen atoms in total. The van der Waals surface area contributed by atoms with Crippen LogP contribution in [-0.4, -0.2) is 27.0 Å². The predicted octanol–water partition coefficient (Wildman–Crippen LogP) is 4.60. The largest absolute Gasteiger partial charge is 0.483 e. The molecular formula is C27H28N4O5. The summed E-state index contributed by atoms with van der Waals surface area (Å²) >= 11 is 0. The van der Waals surface area contributed by atoms with Crippen molar-refractivity contribution in [3.05, 3.63) is 75.0 Å². The predicted molar refractivity (Wildman–Crippen MR) is 135 cm³/mol. The number of aryl methyl sites for hydroxylation is 2. The van der Waals surface area contributed by atoms with E-state index in [1.807, 2.05) is 26.8 Å². The Labute approximate surface area is 208 Å². The monoisotopic (exact) mass is 488 g/mol. The van der Waals surface area contributed by atoms with Crippen LogP contribution < -0.4 is 20.6 Å². The highest BCUT2D eigenvalue weighted by Crippen LogP contribution is 2.33. The molecule has 1 atom stereocenters. The zero-order chi connectivity index (χ0) is 26.1. The summed E-state index contributed by atoms with van der Waals surface area (Å²) in [5.74, 6) is -0.0841. The Morgan fingerprint density at radius 1 is 1.03 bits per heavy atom. The maximum Gasteiger partial charge on any atom is 0.316 e. The lowest BCUT2D eigenvalue weighted by molar-refractivity contribution is 0.0988. The summed E-state index contributed by atoms with van der Waals surface area (Å²) in [5, 5.41) is 0.430. The Bertz CT molecular complexity index is 1510. The molecule has 186 valence electrons. The number of nitrogens with zero attached hydrogens (tertiary/aromatic N) is 3. The summed E-state index contributed by atoms with van der Waals surface area (Å²) in [7, 11) is 0. The molecule has 0 aliphatic heterocycles. The second-order valence-corrected chi connectivity index (χ2v) is 8.96. The van der Waals surface area contributed by atoms with Gasteiger partial charge in [-0.3, -0.25) is 9.59 Å². The molecule has 0 aliphatic carbocycles. The van der Waals surface area contributed by atoms with E-state index in [1.54, 1.807) is 51.4 Å². The van der Waals surface area contributed by atoms with E-state index in [0.29, 0.717) is 39.1 Å². The van der Waals surface area contributed by atoms with Gasteiger partial charge in [0.25, 0.3) is 5.91 Å². The van der Waals surface area contributed by atoms with Crippen molar-refractivity contribution in [1.29, 1.82) is 0 Å². The van der Waals surface area contributed by atoms with Crippen LogP contribution in [0.1, 0.15) is 59.7 Å². The minimum Gasteiger partial charge on any atom is -0.483 e. The highest BCUT2D eigenvalue weighted by Gasteiger charge is 2.22. The van der Waals surface area contributed by atoms with Crippen LogP contribution in [0.3, 0.4) is 0 Å². The van der Waals surface area contributed by atoms with Crippen LogP contribution in [0.4, 0.5) is 0 Å². The molecule has 0 spiro atoms. The molecule has 3 aromatic heterocycles. The van der Waals surface area contributed by atoms with Crippen LogP contribution in [0.15, 0.2) is 45.9 Å². The fourth-order valence-corrected chi connectivity index (χ4v) is 3.92. The Morgan fingerprint density at radius 3 is 2.36 bits per heavy atom. The Kier molecular flexibility index (Phi) is 6.74. The lowest BCUT2D eigenvalue weighted by Crippen LogP contribution is -2.17. The van der Waals surface area contributed by atoms with Crippen LogP contribution in [0.25, 0.3) is 22.3 Å². The minimum atomic E-state index is -0.690. The van der Waals surface area contributed by atoms with Gasteiger partial charge in [-0.05, 0) is 71.4 Å². The number of carbonyl (C=O) groups is 1. The number of pyridine rings is 1. The van der Waals surface area contributed by atoms with Crippen LogP contribution >= 0.6 is 0 Å². The number of aromatic nitrogens is 3. The van der Waals surface area contributed by atoms with E-state index < -0.39 is 12.0 Å². The van der Waals surface area contributed by atoms with Gasteiger partial charge in [-0.15, -0.1) is 0 Å². The molecule has 3 heterocycles. The number of ether oxygens (including phenoxy) is 2. The molecule has 0 saturated carbocycles. The van der Waals surface area contributed by atoms with Crippen molar-refractivity contribution in [2.45, 2.75) is 53.8 Å². The summed E-state index contributed by atoms with van der Waals surface area (Å²) in [4.78, 5) is 38.0. The van der Waals surface area contributed by atoms with Gasteiger partial charge >= 0.3 is 6.01 Å². The quantitative estimate of drug-likeness (QED) is 0.399. The van der Waals surface area contributed by atoms with E-state index in [9.17, 15) is 9.59 Å². The molecule has 0 saturated heterocycles. The topological polar surface area (TPSA) is 130 Å². The summed E-state index contributed by atoms with van der Waals surface area (Å²) in [6.45, 7) is 10.9. The van der Waals surface area contributed by atoms with E-state index in [0.717, 1.165) is 5.56 Å². The molecule has 0 aliphatic rings. The first kappa shape index (κ1) is 24.8. The SMILES string of the molecule is Cc1cc([C@@H](C)Oc2ccc(C)nc2C(N)=O)c2oc(-c3cnc(OC(C)C)nc3)c(C)c(=O)c2c1. The lowest BCUT2D eigenvalue weighted by atomic mass is 10.0. The van der Waals surface area contributed by atoms with Crippen LogP contribution in [0.2, 0.25) is 0 Å². The van der Waals surface area contributed by atoms with E-state index in [2.05, 4.69) is 15.0 Å². The first-order chi connectivity index (χ1) is 17.0. The van der Waals surface area contributed by atoms with Crippen molar-refractivity contribution in [1.82, 2.24) is 15.0 Å². The molecule has 1 amide bonds. The number of carbonyl (C=O) groups excluding carboxylic acids is 1. The van der Waals surface area contributed by atoms with Gasteiger partial charge in [0.2, 0.25) is 0 Å². The number of primary amides is 1. The van der Waals surface area contributed by atoms with Crippen molar-refractivity contribution in [2.75, 3.05) is 0 Å². The molecule has 0 bridgehead atoms. The van der Waals surface area contributed by atoms with Gasteiger partial charge in [0.1, 0.15) is 17.4 Å². The van der Waals surface area contributed by atoms with Gasteiger partial charge in [0.05, 0.1) is 17.1 Å². The highest BCUT2D eigenvalue weighted by atomic mass is 16.5. The molecular weight excluding hydrogens is 460 g/mol. The molecule has 0 radical (unpaired) electrons. The maximum absolute atomic E-state index is 13.4. The van der Waals surface area contributed by atoms with Crippen molar-refractivity contribution in [2.24, 2.45) is 5.73 Å². The first-order valence-corrected chi connectivity index (χ1v) is 11.6. The zero-order valence-electron chi connectivity index (χ0n) is 21.1. The smallest absolute Gasteiger partial charge is 0.316 e. The average molecular weight is 489 g/mol. The number of fused-ring (bicyclic) bond motifs is 1. The van der Waals surface area contributed by atoms with Gasteiger partial charge in [0, 0.05) is 29.2 Å². The lowest BCUT2D eigenvalue weighted by Gasteiger charge is -2.19. The van der Waals surface area contributed by atoms with Gasteiger partial charge in [-0.2, -0.15) is 0 Å². The summed E-state index contributed by atoms with van der Waals surface area (Å²) in [6.07, 6.45) is 2.47. The van der Waals surface area contributed by atoms with Gasteiger partial charge < -0.3 is 19.6 Å². The zero-order valence-corrected chi connectivity index (χ0v) is 21.1. The Morgan fingerprint density at radius 2 is 1.72 bits per heavy atom. The minimum absolute atomic E-state index is 0.0395. The second-order valence-electron chi connectivity index (χ2n) is 8.96. The van der Waals surface area contributed by atoms with E-state index in [-0.39, 0.29) is 29.0 Å². The van der Waals surface area contributed by atoms with E-state index in [4.69, 9.17) is 19.6 Å². The van der Waals surface area contributed by atoms with Crippen LogP contribution in [0.5, 0.6) is 11.8 Å². The summed E-state index contributed by atoms with van der Waals surface area (Å²) in [6, 6.07) is 7.30. The van der Waals surface area contributed by atoms with Crippen molar-refractivity contribution < 1.29 is 18.7 Å². The van der Waals surface area contributed by atoms with Gasteiger partial charge in [-0.25, -0.2) is 15.0 Å². The van der Waals surface area contributed by atoms with Gasteiger partial charge in [0.15, 0.2) is 16.9 Å². The highest BCUT2D eigenvalue weighted by molar-refractivity contribution is 5.93. The normalized spacial score (nSPS) is 12.1. The number of benzene rings is 1. The first-order valence-electron chi connectivity index (χ1n) is 11.6. The number of nitrogens with two attached hydrogens (primary N) is 1. The third-order valence-corrected chi connectivity index (χ3v) is 5.60. The van der Waals surface area contributed by atoms with Crippen LogP contribution in [0, 0.1) is 20.8 Å². The summed E-state index contributed by atoms with van der Waals surface area (Å²) in [5.41, 5.74) is 8.88. The third kappa shape index (κ3) is 4.91. The maximum atomic E-state index is 13.4. The fraction of sp³-hybridized carbons (Fsp3) is 0.296. The third-order valence-electron chi connectivity index (χ3n) is 5.60. The molecule has 9 heteroatoms. The molecule has 0 fully saturated rings. The Balaban J connectivity index is 1.82. The number of hydrogen-bond donors (Lipinski definition) is 1. The fourth-order valence-electron chi connectivity index (χ4n) is 3.92. The molecule has 1 aromatic carbocycles. The molecule has 0 unspecified atom stereocenters. The second kappa shape index (κ2) is 9.77. The van der Waals surface area contributed by atoms with E-state index >= 15 is 0 Å². The van der Waals surface area contributed by atoms with Gasteiger partial charge in [-0.1, -0.05) is 0 Å². The van der Waals surface area contributed by atoms with Crippen molar-refractivity contribution in [3.63, 3.8) is 0 Å². The van der Waals surface area contributed by atoms with E-state index in [1.165, 1.54) is 0 Å². The van der Waals surface area contributed by atoms with Crippen molar-refractivity contribution in [3.8, 4) is 23.1 Å². The van der Waals surface area contributed by atoms with Crippen molar-refractivity contribution >= 4 is 16.9 Å². The number of amides is 1.